The summed E-state index contributed by atoms with van der Waals surface area (Å²) in [6, 6.07) is 11.3. The number of hydrogen-bond acceptors (Lipinski definition) is 3. The Kier molecular flexibility index (Phi) is 4.76. The van der Waals surface area contributed by atoms with E-state index in [0.29, 0.717) is 12.5 Å². The highest BCUT2D eigenvalue weighted by Gasteiger charge is 2.24. The van der Waals surface area contributed by atoms with Crippen LogP contribution in [0.3, 0.4) is 0 Å². The van der Waals surface area contributed by atoms with E-state index in [2.05, 4.69) is 45.4 Å². The van der Waals surface area contributed by atoms with Crippen molar-refractivity contribution in [1.82, 2.24) is 10.2 Å². The van der Waals surface area contributed by atoms with Gasteiger partial charge in [0.2, 0.25) is 5.91 Å². The zero-order chi connectivity index (χ0) is 14.5. The first kappa shape index (κ1) is 14.4. The fourth-order valence-electron chi connectivity index (χ4n) is 3.47. The molecule has 1 aromatic rings. The normalized spacial score (nSPS) is 25.0. The highest BCUT2D eigenvalue weighted by Crippen LogP contribution is 2.19. The van der Waals surface area contributed by atoms with Crippen molar-refractivity contribution in [1.29, 1.82) is 0 Å². The van der Waals surface area contributed by atoms with Gasteiger partial charge in [0.05, 0.1) is 0 Å². The molecule has 0 saturated carbocycles. The van der Waals surface area contributed by atoms with Gasteiger partial charge in [0.15, 0.2) is 0 Å². The molecular formula is C17H25N3O. The maximum Gasteiger partial charge on any atom is 0.220 e. The van der Waals surface area contributed by atoms with Crippen LogP contribution in [0.1, 0.15) is 25.7 Å². The van der Waals surface area contributed by atoms with E-state index >= 15 is 0 Å². The molecule has 114 valence electrons. The zero-order valence-corrected chi connectivity index (χ0v) is 12.6. The van der Waals surface area contributed by atoms with Crippen LogP contribution in [0, 0.1) is 0 Å². The van der Waals surface area contributed by atoms with Crippen LogP contribution >= 0.6 is 0 Å². The van der Waals surface area contributed by atoms with Gasteiger partial charge < -0.3 is 10.2 Å². The van der Waals surface area contributed by atoms with Crippen LogP contribution in [0.2, 0.25) is 0 Å². The fourth-order valence-corrected chi connectivity index (χ4v) is 3.47. The first-order valence-electron chi connectivity index (χ1n) is 8.14. The van der Waals surface area contributed by atoms with Crippen LogP contribution < -0.4 is 10.2 Å². The Morgan fingerprint density at radius 2 is 1.86 bits per heavy atom. The third-order valence-corrected chi connectivity index (χ3v) is 4.67. The van der Waals surface area contributed by atoms with E-state index in [4.69, 9.17) is 0 Å². The number of nitrogens with zero attached hydrogens (tertiary/aromatic N) is 2. The summed E-state index contributed by atoms with van der Waals surface area (Å²) >= 11 is 0. The second-order valence-corrected chi connectivity index (χ2v) is 6.04. The minimum absolute atomic E-state index is 0.221. The summed E-state index contributed by atoms with van der Waals surface area (Å²) in [6.45, 7) is 5.31. The SMILES string of the molecule is O=C1CC[C@@H](N2CCCN(c3ccccc3)CC2)CCN1. The Bertz CT molecular complexity index is 462. The van der Waals surface area contributed by atoms with Gasteiger partial charge in [-0.3, -0.25) is 9.69 Å². The van der Waals surface area contributed by atoms with Crippen LogP contribution in [-0.4, -0.2) is 49.6 Å². The summed E-state index contributed by atoms with van der Waals surface area (Å²) < 4.78 is 0. The summed E-state index contributed by atoms with van der Waals surface area (Å²) in [5.41, 5.74) is 1.33. The number of para-hydroxylation sites is 1. The minimum Gasteiger partial charge on any atom is -0.370 e. The van der Waals surface area contributed by atoms with Crippen molar-refractivity contribution in [3.63, 3.8) is 0 Å². The van der Waals surface area contributed by atoms with Gasteiger partial charge in [0.1, 0.15) is 0 Å². The summed E-state index contributed by atoms with van der Waals surface area (Å²) in [5, 5.41) is 2.99. The van der Waals surface area contributed by atoms with Crippen molar-refractivity contribution >= 4 is 11.6 Å². The lowest BCUT2D eigenvalue weighted by atomic mass is 10.1. The van der Waals surface area contributed by atoms with Crippen LogP contribution in [0.25, 0.3) is 0 Å². The monoisotopic (exact) mass is 287 g/mol. The Hall–Kier alpha value is -1.55. The average Bonchev–Trinajstić information content (AvgIpc) is 2.88. The van der Waals surface area contributed by atoms with E-state index in [1.807, 2.05) is 0 Å². The first-order chi connectivity index (χ1) is 10.3. The lowest BCUT2D eigenvalue weighted by Gasteiger charge is -2.29. The quantitative estimate of drug-likeness (QED) is 0.902. The zero-order valence-electron chi connectivity index (χ0n) is 12.6. The number of amides is 1. The van der Waals surface area contributed by atoms with Crippen molar-refractivity contribution in [2.24, 2.45) is 0 Å². The Morgan fingerprint density at radius 1 is 1.00 bits per heavy atom. The number of carbonyl (C=O) groups excluding carboxylic acids is 1. The van der Waals surface area contributed by atoms with Gasteiger partial charge in [-0.15, -0.1) is 0 Å². The van der Waals surface area contributed by atoms with Gasteiger partial charge in [0.25, 0.3) is 0 Å². The number of hydrogen-bond donors (Lipinski definition) is 1. The molecule has 2 aliphatic rings. The number of nitrogens with one attached hydrogen (secondary N) is 1. The molecule has 4 heteroatoms. The molecule has 2 heterocycles. The Labute approximate surface area is 127 Å². The predicted octanol–water partition coefficient (Wildman–Crippen LogP) is 1.87. The maximum atomic E-state index is 11.5. The molecule has 21 heavy (non-hydrogen) atoms. The van der Waals surface area contributed by atoms with Crippen LogP contribution in [0.15, 0.2) is 30.3 Å². The van der Waals surface area contributed by atoms with Crippen molar-refractivity contribution in [3.05, 3.63) is 30.3 Å². The lowest BCUT2D eigenvalue weighted by Crippen LogP contribution is -2.38. The molecule has 0 unspecified atom stereocenters. The van der Waals surface area contributed by atoms with Gasteiger partial charge in [-0.25, -0.2) is 0 Å². The molecule has 1 aromatic carbocycles. The maximum absolute atomic E-state index is 11.5. The molecule has 0 aromatic heterocycles. The van der Waals surface area contributed by atoms with Gasteiger partial charge >= 0.3 is 0 Å². The molecule has 2 fully saturated rings. The molecule has 1 atom stereocenters. The van der Waals surface area contributed by atoms with Crippen LogP contribution in [0.5, 0.6) is 0 Å². The van der Waals surface area contributed by atoms with Crippen LogP contribution in [-0.2, 0) is 4.79 Å². The Morgan fingerprint density at radius 3 is 2.71 bits per heavy atom. The second-order valence-electron chi connectivity index (χ2n) is 6.04. The van der Waals surface area contributed by atoms with Crippen molar-refractivity contribution in [3.8, 4) is 0 Å². The topological polar surface area (TPSA) is 35.6 Å². The average molecular weight is 287 g/mol. The third kappa shape index (κ3) is 3.76. The standard InChI is InChI=1S/C17H25N3O/c21-17-8-7-16(9-10-18-17)20-12-4-11-19(13-14-20)15-5-2-1-3-6-15/h1-3,5-6,16H,4,7-14H2,(H,18,21)/t16-/m1/s1. The van der Waals surface area contributed by atoms with E-state index in [1.54, 1.807) is 0 Å². The molecule has 2 aliphatic heterocycles. The predicted molar refractivity (Wildman–Crippen MR) is 85.5 cm³/mol. The van der Waals surface area contributed by atoms with Crippen molar-refractivity contribution in [2.45, 2.75) is 31.7 Å². The molecule has 0 radical (unpaired) electrons. The summed E-state index contributed by atoms with van der Waals surface area (Å²) in [5.74, 6) is 0.221. The smallest absolute Gasteiger partial charge is 0.220 e. The Balaban J connectivity index is 1.59. The van der Waals surface area contributed by atoms with Gasteiger partial charge in [-0.1, -0.05) is 18.2 Å². The van der Waals surface area contributed by atoms with E-state index in [1.165, 1.54) is 12.1 Å². The van der Waals surface area contributed by atoms with E-state index in [0.717, 1.165) is 45.6 Å². The minimum atomic E-state index is 0.221. The molecular weight excluding hydrogens is 262 g/mol. The summed E-state index contributed by atoms with van der Waals surface area (Å²) in [6.07, 6.45) is 3.99. The molecule has 3 rings (SSSR count). The van der Waals surface area contributed by atoms with Crippen molar-refractivity contribution < 1.29 is 4.79 Å². The summed E-state index contributed by atoms with van der Waals surface area (Å²) in [4.78, 5) is 16.6. The first-order valence-corrected chi connectivity index (χ1v) is 8.14. The fraction of sp³-hybridized carbons (Fsp3) is 0.588. The van der Waals surface area contributed by atoms with Crippen molar-refractivity contribution in [2.75, 3.05) is 37.6 Å². The number of benzene rings is 1. The second kappa shape index (κ2) is 6.94. The highest BCUT2D eigenvalue weighted by atomic mass is 16.1. The lowest BCUT2D eigenvalue weighted by molar-refractivity contribution is -0.120. The molecule has 0 aliphatic carbocycles. The third-order valence-electron chi connectivity index (χ3n) is 4.67. The molecule has 1 N–H and O–H groups in total. The molecule has 1 amide bonds. The van der Waals surface area contributed by atoms with Gasteiger partial charge in [0, 0.05) is 50.9 Å². The highest BCUT2D eigenvalue weighted by molar-refractivity contribution is 5.76. The summed E-state index contributed by atoms with van der Waals surface area (Å²) in [7, 11) is 0. The number of rotatable bonds is 2. The van der Waals surface area contributed by atoms with Crippen LogP contribution in [0.4, 0.5) is 5.69 Å². The van der Waals surface area contributed by atoms with E-state index < -0.39 is 0 Å². The van der Waals surface area contributed by atoms with E-state index in [9.17, 15) is 4.79 Å². The number of carbonyl (C=O) groups is 1. The molecule has 0 bridgehead atoms. The molecule has 4 nitrogen and oxygen atoms in total. The number of anilines is 1. The molecule has 2 saturated heterocycles. The molecule has 0 spiro atoms. The largest absolute Gasteiger partial charge is 0.370 e. The van der Waals surface area contributed by atoms with E-state index in [-0.39, 0.29) is 5.91 Å². The van der Waals surface area contributed by atoms with Gasteiger partial charge in [-0.05, 0) is 31.4 Å². The van der Waals surface area contributed by atoms with Gasteiger partial charge in [-0.2, -0.15) is 0 Å².